The van der Waals surface area contributed by atoms with E-state index < -0.39 is 0 Å². The van der Waals surface area contributed by atoms with Crippen LogP contribution in [0.2, 0.25) is 0 Å². The molecule has 0 aromatic rings. The van der Waals surface area contributed by atoms with Crippen LogP contribution in [-0.4, -0.2) is 23.6 Å². The highest BCUT2D eigenvalue weighted by Crippen LogP contribution is 2.38. The first-order valence-corrected chi connectivity index (χ1v) is 7.75. The van der Waals surface area contributed by atoms with Gasteiger partial charge in [-0.25, -0.2) is 0 Å². The van der Waals surface area contributed by atoms with E-state index >= 15 is 0 Å². The van der Waals surface area contributed by atoms with Gasteiger partial charge in [0.1, 0.15) is 0 Å². The second-order valence-corrected chi connectivity index (χ2v) is 8.47. The summed E-state index contributed by atoms with van der Waals surface area (Å²) < 4.78 is 0.366. The van der Waals surface area contributed by atoms with Crippen LogP contribution in [0, 0.1) is 11.3 Å². The van der Waals surface area contributed by atoms with Crippen LogP contribution >= 0.6 is 11.8 Å². The topological polar surface area (TPSA) is 12.0 Å². The smallest absolute Gasteiger partial charge is 0.0225 e. The van der Waals surface area contributed by atoms with Crippen molar-refractivity contribution in [2.45, 2.75) is 64.7 Å². The molecule has 0 spiro atoms. The summed E-state index contributed by atoms with van der Waals surface area (Å²) in [5, 5.41) is 3.78. The highest BCUT2D eigenvalue weighted by Gasteiger charge is 2.32. The molecule has 0 aromatic carbocycles. The summed E-state index contributed by atoms with van der Waals surface area (Å²) in [5.41, 5.74) is 0.527. The van der Waals surface area contributed by atoms with Crippen LogP contribution in [0.15, 0.2) is 0 Å². The molecule has 1 aliphatic rings. The van der Waals surface area contributed by atoms with Crippen molar-refractivity contribution in [2.24, 2.45) is 11.3 Å². The molecule has 1 N–H and O–H groups in total. The molecule has 1 fully saturated rings. The highest BCUT2D eigenvalue weighted by molar-refractivity contribution is 7.99. The fourth-order valence-corrected chi connectivity index (χ4v) is 3.19. The minimum absolute atomic E-state index is 0.366. The van der Waals surface area contributed by atoms with Crippen molar-refractivity contribution in [3.63, 3.8) is 0 Å². The molecule has 0 bridgehead atoms. The molecular weight excluding hydrogens is 214 g/mol. The second kappa shape index (κ2) is 5.30. The molecule has 0 aliphatic heterocycles. The highest BCUT2D eigenvalue weighted by atomic mass is 32.2. The Kier molecular flexibility index (Phi) is 4.76. The molecule has 1 saturated carbocycles. The number of thioether (sulfide) groups is 1. The van der Waals surface area contributed by atoms with Gasteiger partial charge in [0, 0.05) is 17.3 Å². The van der Waals surface area contributed by atoms with Gasteiger partial charge < -0.3 is 5.32 Å². The Balaban J connectivity index is 2.43. The van der Waals surface area contributed by atoms with Gasteiger partial charge in [-0.05, 0) is 50.7 Å². The zero-order chi connectivity index (χ0) is 12.4. The van der Waals surface area contributed by atoms with Crippen LogP contribution < -0.4 is 5.32 Å². The average Bonchev–Trinajstić information content (AvgIpc) is 2.12. The summed E-state index contributed by atoms with van der Waals surface area (Å²) in [5.74, 6) is 0.874. The van der Waals surface area contributed by atoms with Gasteiger partial charge in [-0.3, -0.25) is 0 Å². The van der Waals surface area contributed by atoms with Crippen LogP contribution in [0.1, 0.15) is 53.9 Å². The first-order chi connectivity index (χ1) is 7.24. The van der Waals surface area contributed by atoms with Crippen molar-refractivity contribution in [3.8, 4) is 0 Å². The number of rotatable bonds is 4. The van der Waals surface area contributed by atoms with Crippen LogP contribution in [0.3, 0.4) is 0 Å². The molecule has 2 unspecified atom stereocenters. The summed E-state index contributed by atoms with van der Waals surface area (Å²) >= 11 is 1.95. The lowest BCUT2D eigenvalue weighted by molar-refractivity contribution is 0.150. The van der Waals surface area contributed by atoms with Crippen molar-refractivity contribution in [3.05, 3.63) is 0 Å². The molecule has 16 heavy (non-hydrogen) atoms. The molecule has 1 nitrogen and oxygen atoms in total. The molecule has 0 aromatic heterocycles. The molecule has 0 heterocycles. The summed E-state index contributed by atoms with van der Waals surface area (Å²) in [7, 11) is 0. The van der Waals surface area contributed by atoms with Crippen molar-refractivity contribution in [1.82, 2.24) is 5.32 Å². The van der Waals surface area contributed by atoms with Crippen LogP contribution in [0.5, 0.6) is 0 Å². The lowest BCUT2D eigenvalue weighted by atomic mass is 9.70. The maximum Gasteiger partial charge on any atom is 0.0225 e. The van der Waals surface area contributed by atoms with E-state index in [-0.39, 0.29) is 0 Å². The molecule has 96 valence electrons. The maximum atomic E-state index is 3.78. The number of hydrogen-bond acceptors (Lipinski definition) is 2. The largest absolute Gasteiger partial charge is 0.313 e. The predicted octanol–water partition coefficient (Wildman–Crippen LogP) is 3.93. The summed E-state index contributed by atoms with van der Waals surface area (Å²) in [6, 6.07) is 0.727. The van der Waals surface area contributed by atoms with Gasteiger partial charge in [-0.2, -0.15) is 11.8 Å². The molecule has 0 amide bonds. The van der Waals surface area contributed by atoms with E-state index in [1.807, 2.05) is 11.8 Å². The van der Waals surface area contributed by atoms with Gasteiger partial charge in [-0.15, -0.1) is 0 Å². The standard InChI is InChI=1S/C14H29NS/c1-11-7-12(9-13(2,3)8-11)15-10-14(4,5)16-6/h11-12,15H,7-10H2,1-6H3. The summed E-state index contributed by atoms with van der Waals surface area (Å²) in [6.07, 6.45) is 6.28. The Morgan fingerprint density at radius 1 is 1.31 bits per heavy atom. The van der Waals surface area contributed by atoms with E-state index in [1.165, 1.54) is 19.3 Å². The average molecular weight is 243 g/mol. The zero-order valence-electron chi connectivity index (χ0n) is 11.9. The Hall–Kier alpha value is 0.310. The lowest BCUT2D eigenvalue weighted by Gasteiger charge is -2.40. The minimum Gasteiger partial charge on any atom is -0.313 e. The first kappa shape index (κ1) is 14.4. The SMILES string of the molecule is CSC(C)(C)CNC1CC(C)CC(C)(C)C1. The van der Waals surface area contributed by atoms with E-state index in [9.17, 15) is 0 Å². The van der Waals surface area contributed by atoms with E-state index in [2.05, 4.69) is 46.2 Å². The molecular formula is C14H29NS. The van der Waals surface area contributed by atoms with Crippen LogP contribution in [0.4, 0.5) is 0 Å². The molecule has 2 heteroatoms. The van der Waals surface area contributed by atoms with Crippen LogP contribution in [-0.2, 0) is 0 Å². The monoisotopic (exact) mass is 243 g/mol. The second-order valence-electron chi connectivity index (χ2n) is 6.95. The van der Waals surface area contributed by atoms with Gasteiger partial charge in [0.15, 0.2) is 0 Å². The molecule has 2 atom stereocenters. The molecule has 1 rings (SSSR count). The Morgan fingerprint density at radius 2 is 1.94 bits per heavy atom. The summed E-state index contributed by atoms with van der Waals surface area (Å²) in [6.45, 7) is 13.0. The van der Waals surface area contributed by atoms with Gasteiger partial charge in [-0.1, -0.05) is 20.8 Å². The van der Waals surface area contributed by atoms with Gasteiger partial charge in [0.2, 0.25) is 0 Å². The van der Waals surface area contributed by atoms with Crippen LogP contribution in [0.25, 0.3) is 0 Å². The third-order valence-corrected chi connectivity index (χ3v) is 5.01. The van der Waals surface area contributed by atoms with E-state index in [1.54, 1.807) is 0 Å². The quantitative estimate of drug-likeness (QED) is 0.803. The van der Waals surface area contributed by atoms with Gasteiger partial charge >= 0.3 is 0 Å². The molecule has 0 radical (unpaired) electrons. The fraction of sp³-hybridized carbons (Fsp3) is 1.00. The minimum atomic E-state index is 0.366. The van der Waals surface area contributed by atoms with E-state index in [0.29, 0.717) is 10.2 Å². The number of hydrogen-bond donors (Lipinski definition) is 1. The normalized spacial score (nSPS) is 30.4. The van der Waals surface area contributed by atoms with E-state index in [4.69, 9.17) is 0 Å². The summed E-state index contributed by atoms with van der Waals surface area (Å²) in [4.78, 5) is 0. The third kappa shape index (κ3) is 4.67. The lowest BCUT2D eigenvalue weighted by Crippen LogP contribution is -2.44. The van der Waals surface area contributed by atoms with Crippen molar-refractivity contribution in [1.29, 1.82) is 0 Å². The third-order valence-electron chi connectivity index (χ3n) is 3.76. The Bertz CT molecular complexity index is 223. The number of nitrogens with one attached hydrogen (secondary N) is 1. The van der Waals surface area contributed by atoms with Gasteiger partial charge in [0.25, 0.3) is 0 Å². The fourth-order valence-electron chi connectivity index (χ4n) is 2.96. The van der Waals surface area contributed by atoms with Crippen molar-refractivity contribution < 1.29 is 0 Å². The first-order valence-electron chi connectivity index (χ1n) is 6.53. The predicted molar refractivity (Wildman–Crippen MR) is 76.2 cm³/mol. The maximum absolute atomic E-state index is 3.78. The molecule has 0 saturated heterocycles. The Morgan fingerprint density at radius 3 is 2.44 bits per heavy atom. The molecule has 1 aliphatic carbocycles. The van der Waals surface area contributed by atoms with E-state index in [0.717, 1.165) is 18.5 Å². The van der Waals surface area contributed by atoms with Crippen molar-refractivity contribution >= 4 is 11.8 Å². The van der Waals surface area contributed by atoms with Crippen molar-refractivity contribution in [2.75, 3.05) is 12.8 Å². The Labute approximate surface area is 106 Å². The zero-order valence-corrected chi connectivity index (χ0v) is 12.7. The van der Waals surface area contributed by atoms with Gasteiger partial charge in [0.05, 0.1) is 0 Å².